The number of nitrogens with two attached hydrogens (primary N) is 1. The van der Waals surface area contributed by atoms with Crippen LogP contribution < -0.4 is 5.73 Å². The summed E-state index contributed by atoms with van der Waals surface area (Å²) >= 11 is 0. The van der Waals surface area contributed by atoms with Crippen molar-refractivity contribution < 1.29 is 0 Å². The van der Waals surface area contributed by atoms with Gasteiger partial charge in [-0.05, 0) is 52.0 Å². The van der Waals surface area contributed by atoms with Gasteiger partial charge in [-0.1, -0.05) is 5.22 Å². The van der Waals surface area contributed by atoms with Crippen molar-refractivity contribution in [1.29, 1.82) is 0 Å². The SMILES string of the molecule is CC(C)N1N=NC2CC(CCN)CCC21. The zero-order valence-electron chi connectivity index (χ0n) is 9.76. The van der Waals surface area contributed by atoms with Gasteiger partial charge in [0.2, 0.25) is 0 Å². The van der Waals surface area contributed by atoms with Crippen molar-refractivity contribution in [1.82, 2.24) is 5.01 Å². The first-order chi connectivity index (χ1) is 7.22. The minimum absolute atomic E-state index is 0.442. The molecule has 1 aliphatic heterocycles. The van der Waals surface area contributed by atoms with Crippen LogP contribution in [0.3, 0.4) is 0 Å². The zero-order valence-corrected chi connectivity index (χ0v) is 9.76. The van der Waals surface area contributed by atoms with Crippen LogP contribution in [-0.4, -0.2) is 29.7 Å². The molecular weight excluding hydrogens is 188 g/mol. The average Bonchev–Trinajstić information content (AvgIpc) is 2.61. The molecule has 0 radical (unpaired) electrons. The van der Waals surface area contributed by atoms with Crippen LogP contribution in [-0.2, 0) is 0 Å². The molecule has 0 aromatic carbocycles. The van der Waals surface area contributed by atoms with Crippen LogP contribution in [0.4, 0.5) is 0 Å². The second kappa shape index (κ2) is 4.47. The molecule has 2 rings (SSSR count). The van der Waals surface area contributed by atoms with Gasteiger partial charge in [-0.3, -0.25) is 5.01 Å². The predicted molar refractivity (Wildman–Crippen MR) is 60.4 cm³/mol. The maximum absolute atomic E-state index is 5.61. The third kappa shape index (κ3) is 2.14. The number of nitrogens with zero attached hydrogens (tertiary/aromatic N) is 3. The third-order valence-electron chi connectivity index (χ3n) is 3.64. The Morgan fingerprint density at radius 1 is 1.40 bits per heavy atom. The van der Waals surface area contributed by atoms with E-state index in [0.29, 0.717) is 18.1 Å². The summed E-state index contributed by atoms with van der Waals surface area (Å²) in [6.45, 7) is 5.19. The second-order valence-electron chi connectivity index (χ2n) is 5.07. The zero-order chi connectivity index (χ0) is 10.8. The first kappa shape index (κ1) is 10.9. The average molecular weight is 210 g/mol. The summed E-state index contributed by atoms with van der Waals surface area (Å²) in [7, 11) is 0. The van der Waals surface area contributed by atoms with Crippen molar-refractivity contribution in [3.05, 3.63) is 0 Å². The van der Waals surface area contributed by atoms with Crippen LogP contribution in [0.5, 0.6) is 0 Å². The fourth-order valence-corrected chi connectivity index (χ4v) is 2.82. The molecule has 0 bridgehead atoms. The van der Waals surface area contributed by atoms with Crippen molar-refractivity contribution >= 4 is 0 Å². The molecule has 0 amide bonds. The lowest BCUT2D eigenvalue weighted by atomic mass is 9.81. The highest BCUT2D eigenvalue weighted by Crippen LogP contribution is 2.36. The van der Waals surface area contributed by atoms with Gasteiger partial charge in [-0.25, -0.2) is 0 Å². The molecule has 15 heavy (non-hydrogen) atoms. The summed E-state index contributed by atoms with van der Waals surface area (Å²) in [5.41, 5.74) is 5.61. The van der Waals surface area contributed by atoms with Gasteiger partial charge < -0.3 is 5.73 Å². The Morgan fingerprint density at radius 3 is 2.87 bits per heavy atom. The highest BCUT2D eigenvalue weighted by Gasteiger charge is 2.38. The maximum atomic E-state index is 5.61. The van der Waals surface area contributed by atoms with E-state index in [4.69, 9.17) is 5.73 Å². The lowest BCUT2D eigenvalue weighted by Gasteiger charge is -2.34. The van der Waals surface area contributed by atoms with Gasteiger partial charge in [0.05, 0.1) is 12.1 Å². The lowest BCUT2D eigenvalue weighted by Crippen LogP contribution is -2.42. The fourth-order valence-electron chi connectivity index (χ4n) is 2.82. The third-order valence-corrected chi connectivity index (χ3v) is 3.64. The van der Waals surface area contributed by atoms with Crippen molar-refractivity contribution in [2.45, 2.75) is 57.7 Å². The van der Waals surface area contributed by atoms with Crippen LogP contribution in [0.15, 0.2) is 10.3 Å². The Hall–Kier alpha value is -0.640. The number of hydrogen-bond acceptors (Lipinski definition) is 4. The molecule has 2 N–H and O–H groups in total. The summed E-state index contributed by atoms with van der Waals surface area (Å²) in [5, 5.41) is 10.9. The molecule has 1 aliphatic carbocycles. The van der Waals surface area contributed by atoms with E-state index in [0.717, 1.165) is 18.9 Å². The van der Waals surface area contributed by atoms with Gasteiger partial charge in [-0.15, -0.1) is 0 Å². The van der Waals surface area contributed by atoms with E-state index < -0.39 is 0 Å². The summed E-state index contributed by atoms with van der Waals surface area (Å²) in [6.07, 6.45) is 4.88. The highest BCUT2D eigenvalue weighted by molar-refractivity contribution is 4.93. The normalized spacial score (nSPS) is 34.9. The largest absolute Gasteiger partial charge is 0.330 e. The van der Waals surface area contributed by atoms with Gasteiger partial charge in [0.1, 0.15) is 0 Å². The Bertz CT molecular complexity index is 239. The van der Waals surface area contributed by atoms with Crippen LogP contribution in [0, 0.1) is 5.92 Å². The molecule has 1 fully saturated rings. The van der Waals surface area contributed by atoms with E-state index in [2.05, 4.69) is 29.2 Å². The summed E-state index contributed by atoms with van der Waals surface area (Å²) in [5.74, 6) is 0.780. The topological polar surface area (TPSA) is 54.0 Å². The standard InChI is InChI=1S/C11H22N4/c1-8(2)15-11-4-3-9(5-6-12)7-10(11)13-14-15/h8-11H,3-7,12H2,1-2H3. The van der Waals surface area contributed by atoms with Crippen molar-refractivity contribution in [2.75, 3.05) is 6.54 Å². The number of fused-ring (bicyclic) bond motifs is 1. The molecule has 2 aliphatic rings. The molecule has 0 saturated heterocycles. The monoisotopic (exact) mass is 210 g/mol. The van der Waals surface area contributed by atoms with E-state index in [1.807, 2.05) is 0 Å². The van der Waals surface area contributed by atoms with E-state index in [9.17, 15) is 0 Å². The van der Waals surface area contributed by atoms with E-state index >= 15 is 0 Å². The molecule has 1 saturated carbocycles. The van der Waals surface area contributed by atoms with Gasteiger partial charge in [0, 0.05) is 6.04 Å². The highest BCUT2D eigenvalue weighted by atomic mass is 15.6. The molecule has 86 valence electrons. The number of rotatable bonds is 3. The predicted octanol–water partition coefficient (Wildman–Crippen LogP) is 1.96. The van der Waals surface area contributed by atoms with E-state index in [1.165, 1.54) is 19.3 Å². The second-order valence-corrected chi connectivity index (χ2v) is 5.07. The molecule has 0 aromatic heterocycles. The first-order valence-corrected chi connectivity index (χ1v) is 6.11. The summed E-state index contributed by atoms with van der Waals surface area (Å²) in [4.78, 5) is 0. The van der Waals surface area contributed by atoms with Crippen LogP contribution >= 0.6 is 0 Å². The molecule has 0 aromatic rings. The molecule has 1 heterocycles. The van der Waals surface area contributed by atoms with Crippen LogP contribution in [0.1, 0.15) is 39.5 Å². The van der Waals surface area contributed by atoms with Crippen molar-refractivity contribution in [3.63, 3.8) is 0 Å². The molecule has 3 atom stereocenters. The summed E-state index contributed by atoms with van der Waals surface area (Å²) in [6, 6.07) is 1.49. The van der Waals surface area contributed by atoms with Gasteiger partial charge in [-0.2, -0.15) is 5.11 Å². The van der Waals surface area contributed by atoms with Gasteiger partial charge in [0.25, 0.3) is 0 Å². The maximum Gasteiger partial charge on any atom is 0.0952 e. The minimum atomic E-state index is 0.442. The smallest absolute Gasteiger partial charge is 0.0952 e. The number of hydrogen-bond donors (Lipinski definition) is 1. The van der Waals surface area contributed by atoms with E-state index in [-0.39, 0.29) is 0 Å². The first-order valence-electron chi connectivity index (χ1n) is 6.11. The van der Waals surface area contributed by atoms with Gasteiger partial charge in [0.15, 0.2) is 0 Å². The van der Waals surface area contributed by atoms with Crippen LogP contribution in [0.25, 0.3) is 0 Å². The molecule has 4 nitrogen and oxygen atoms in total. The van der Waals surface area contributed by atoms with E-state index in [1.54, 1.807) is 0 Å². The minimum Gasteiger partial charge on any atom is -0.330 e. The van der Waals surface area contributed by atoms with Crippen molar-refractivity contribution in [2.24, 2.45) is 22.0 Å². The fraction of sp³-hybridized carbons (Fsp3) is 1.00. The van der Waals surface area contributed by atoms with Gasteiger partial charge >= 0.3 is 0 Å². The van der Waals surface area contributed by atoms with Crippen LogP contribution in [0.2, 0.25) is 0 Å². The lowest BCUT2D eigenvalue weighted by molar-refractivity contribution is 0.128. The Kier molecular flexibility index (Phi) is 3.24. The molecular formula is C11H22N4. The Morgan fingerprint density at radius 2 is 2.20 bits per heavy atom. The Balaban J connectivity index is 1.93. The molecule has 4 heteroatoms. The Labute approximate surface area is 91.9 Å². The van der Waals surface area contributed by atoms with Crippen molar-refractivity contribution in [3.8, 4) is 0 Å². The molecule has 3 unspecified atom stereocenters. The molecule has 0 spiro atoms. The summed E-state index contributed by atoms with van der Waals surface area (Å²) < 4.78 is 0. The quantitative estimate of drug-likeness (QED) is 0.774.